The van der Waals surface area contributed by atoms with E-state index in [-0.39, 0.29) is 31.6 Å². The van der Waals surface area contributed by atoms with Gasteiger partial charge in [-0.2, -0.15) is 0 Å². The Morgan fingerprint density at radius 3 is 2.36 bits per heavy atom. The molecule has 0 aliphatic carbocycles. The maximum absolute atomic E-state index is 12.4. The van der Waals surface area contributed by atoms with Crippen LogP contribution in [0.2, 0.25) is 0 Å². The zero-order valence-electron chi connectivity index (χ0n) is 16.6. The normalized spacial score (nSPS) is 12.8. The molecule has 28 heavy (non-hydrogen) atoms. The van der Waals surface area contributed by atoms with Crippen LogP contribution in [0.5, 0.6) is 0 Å². The smallest absolute Gasteiger partial charge is 0.414 e. The molecule has 0 aromatic heterocycles. The molecule has 2 rings (SSSR count). The number of carbonyl (C=O) groups is 3. The summed E-state index contributed by atoms with van der Waals surface area (Å²) in [7, 11) is 0. The van der Waals surface area contributed by atoms with Gasteiger partial charge in [0.05, 0.1) is 19.2 Å². The van der Waals surface area contributed by atoms with Crippen molar-refractivity contribution < 1.29 is 24.0 Å². The van der Waals surface area contributed by atoms with Gasteiger partial charge in [-0.15, -0.1) is 0 Å². The molecule has 0 saturated carbocycles. The predicted octanol–water partition coefficient (Wildman–Crippen LogP) is 1.19. The summed E-state index contributed by atoms with van der Waals surface area (Å²) in [5.74, 6) is -0.618. The van der Waals surface area contributed by atoms with Crippen molar-refractivity contribution in [2.45, 2.75) is 26.8 Å². The fraction of sp³-hybridized carbons (Fsp3) is 0.381. The summed E-state index contributed by atoms with van der Waals surface area (Å²) in [4.78, 5) is 36.3. The van der Waals surface area contributed by atoms with Gasteiger partial charge in [0.25, 0.3) is 11.8 Å². The first kappa shape index (κ1) is 21.4. The molecule has 2 aromatic carbocycles. The van der Waals surface area contributed by atoms with E-state index < -0.39 is 12.0 Å². The molecule has 7 nitrogen and oxygen atoms in total. The number of benzene rings is 2. The quantitative estimate of drug-likeness (QED) is 0.636. The lowest BCUT2D eigenvalue weighted by Crippen LogP contribution is -3.14. The number of ether oxygens (including phenoxy) is 1. The van der Waals surface area contributed by atoms with Crippen molar-refractivity contribution in [2.75, 3.05) is 26.2 Å². The van der Waals surface area contributed by atoms with E-state index in [9.17, 15) is 14.4 Å². The number of alkyl carbamates (subject to hydrolysis) is 1. The van der Waals surface area contributed by atoms with Crippen LogP contribution in [0.4, 0.5) is 4.79 Å². The Balaban J connectivity index is 1.89. The highest BCUT2D eigenvalue weighted by atomic mass is 16.5. The van der Waals surface area contributed by atoms with E-state index in [0.29, 0.717) is 6.54 Å². The summed E-state index contributed by atoms with van der Waals surface area (Å²) in [6.07, 6.45) is -0.766. The average molecular weight is 386 g/mol. The molecule has 150 valence electrons. The van der Waals surface area contributed by atoms with Crippen LogP contribution in [0.15, 0.2) is 42.5 Å². The predicted molar refractivity (Wildman–Crippen MR) is 107 cm³/mol. The Morgan fingerprint density at radius 2 is 1.68 bits per heavy atom. The van der Waals surface area contributed by atoms with Crippen LogP contribution in [-0.2, 0) is 14.3 Å². The summed E-state index contributed by atoms with van der Waals surface area (Å²) in [5, 5.41) is 7.40. The van der Waals surface area contributed by atoms with Gasteiger partial charge >= 0.3 is 6.09 Å². The van der Waals surface area contributed by atoms with Crippen LogP contribution in [-0.4, -0.2) is 44.1 Å². The van der Waals surface area contributed by atoms with Crippen LogP contribution < -0.4 is 15.5 Å². The molecule has 0 bridgehead atoms. The molecule has 0 spiro atoms. The zero-order chi connectivity index (χ0) is 20.5. The Morgan fingerprint density at radius 1 is 1.00 bits per heavy atom. The minimum Gasteiger partial charge on any atom is -0.450 e. The fourth-order valence-electron chi connectivity index (χ4n) is 2.94. The molecule has 0 radical (unpaired) electrons. The molecule has 1 unspecified atom stereocenters. The van der Waals surface area contributed by atoms with Gasteiger partial charge in [-0.25, -0.2) is 4.79 Å². The third-order valence-corrected chi connectivity index (χ3v) is 4.49. The molecule has 3 amide bonds. The SMILES string of the molecule is CCOC(=O)NC(=O)C[NH+](CC)CC(=O)N[C@@H](C)c1ccc2ccccc2c1. The van der Waals surface area contributed by atoms with Gasteiger partial charge < -0.3 is 15.0 Å². The second kappa shape index (κ2) is 10.4. The zero-order valence-corrected chi connectivity index (χ0v) is 16.6. The summed E-state index contributed by atoms with van der Waals surface area (Å²) < 4.78 is 4.68. The lowest BCUT2D eigenvalue weighted by atomic mass is 10.0. The molecule has 2 aromatic rings. The van der Waals surface area contributed by atoms with Gasteiger partial charge in [-0.1, -0.05) is 36.4 Å². The molecule has 3 N–H and O–H groups in total. The van der Waals surface area contributed by atoms with Crippen molar-refractivity contribution in [1.82, 2.24) is 10.6 Å². The van der Waals surface area contributed by atoms with Crippen LogP contribution in [0.3, 0.4) is 0 Å². The highest BCUT2D eigenvalue weighted by molar-refractivity contribution is 5.92. The number of fused-ring (bicyclic) bond motifs is 1. The van der Waals surface area contributed by atoms with Crippen molar-refractivity contribution in [3.63, 3.8) is 0 Å². The van der Waals surface area contributed by atoms with Gasteiger partial charge in [0, 0.05) is 0 Å². The van der Waals surface area contributed by atoms with E-state index in [1.165, 1.54) is 0 Å². The minimum atomic E-state index is -0.766. The van der Waals surface area contributed by atoms with Crippen molar-refractivity contribution in [3.05, 3.63) is 48.0 Å². The summed E-state index contributed by atoms with van der Waals surface area (Å²) >= 11 is 0. The molecular formula is C21H28N3O4+. The lowest BCUT2D eigenvalue weighted by molar-refractivity contribution is -0.881. The maximum atomic E-state index is 12.4. The first-order valence-corrected chi connectivity index (χ1v) is 9.51. The Kier molecular flexibility index (Phi) is 7.95. The molecule has 0 fully saturated rings. The van der Waals surface area contributed by atoms with Crippen molar-refractivity contribution >= 4 is 28.7 Å². The molecule has 2 atom stereocenters. The molecule has 0 saturated heterocycles. The average Bonchev–Trinajstić information content (AvgIpc) is 2.66. The van der Waals surface area contributed by atoms with Gasteiger partial charge in [-0.3, -0.25) is 14.9 Å². The molecule has 0 aliphatic heterocycles. The standard InChI is InChI=1S/C21H27N3O4/c1-4-24(14-20(26)23-21(27)28-5-2)13-19(25)22-15(3)17-11-10-16-8-6-7-9-18(16)12-17/h6-12,15H,4-5,13-14H2,1-3H3,(H,22,25)(H,23,26,27)/p+1/t15-/m0/s1. The Bertz CT molecular complexity index is 837. The van der Waals surface area contributed by atoms with E-state index in [1.807, 2.05) is 50.2 Å². The van der Waals surface area contributed by atoms with E-state index in [2.05, 4.69) is 21.4 Å². The second-order valence-corrected chi connectivity index (χ2v) is 6.62. The van der Waals surface area contributed by atoms with Crippen LogP contribution in [0.25, 0.3) is 10.8 Å². The van der Waals surface area contributed by atoms with E-state index in [0.717, 1.165) is 21.2 Å². The topological polar surface area (TPSA) is 88.9 Å². The Hall–Kier alpha value is -2.93. The number of likely N-dealkylation sites (N-methyl/N-ethyl adjacent to an activating group) is 1. The number of quaternary nitrogens is 1. The van der Waals surface area contributed by atoms with Crippen LogP contribution in [0, 0.1) is 0 Å². The monoisotopic (exact) mass is 386 g/mol. The number of hydrogen-bond acceptors (Lipinski definition) is 4. The lowest BCUT2D eigenvalue weighted by Gasteiger charge is -2.19. The van der Waals surface area contributed by atoms with Crippen molar-refractivity contribution in [2.24, 2.45) is 0 Å². The molecule has 7 heteroatoms. The van der Waals surface area contributed by atoms with Gasteiger partial charge in [-0.05, 0) is 43.2 Å². The Labute approximate surface area is 165 Å². The first-order chi connectivity index (χ1) is 13.4. The number of nitrogens with one attached hydrogen (secondary N) is 3. The number of rotatable bonds is 8. The maximum Gasteiger partial charge on any atom is 0.414 e. The first-order valence-electron chi connectivity index (χ1n) is 9.51. The number of carbonyl (C=O) groups excluding carboxylic acids is 3. The summed E-state index contributed by atoms with van der Waals surface area (Å²) in [6, 6.07) is 14.0. The van der Waals surface area contributed by atoms with Gasteiger partial charge in [0.15, 0.2) is 13.1 Å². The highest BCUT2D eigenvalue weighted by Crippen LogP contribution is 2.20. The number of amides is 3. The molecular weight excluding hydrogens is 358 g/mol. The van der Waals surface area contributed by atoms with Crippen molar-refractivity contribution in [1.29, 1.82) is 0 Å². The van der Waals surface area contributed by atoms with E-state index in [1.54, 1.807) is 6.92 Å². The largest absolute Gasteiger partial charge is 0.450 e. The molecule has 0 aliphatic rings. The van der Waals surface area contributed by atoms with E-state index >= 15 is 0 Å². The van der Waals surface area contributed by atoms with Crippen molar-refractivity contribution in [3.8, 4) is 0 Å². The minimum absolute atomic E-state index is 0.0209. The number of imide groups is 1. The third kappa shape index (κ3) is 6.35. The van der Waals surface area contributed by atoms with Crippen LogP contribution >= 0.6 is 0 Å². The third-order valence-electron chi connectivity index (χ3n) is 4.49. The number of hydrogen-bond donors (Lipinski definition) is 3. The van der Waals surface area contributed by atoms with Gasteiger partial charge in [0.2, 0.25) is 0 Å². The summed E-state index contributed by atoms with van der Waals surface area (Å²) in [5.41, 5.74) is 1.02. The molecule has 0 heterocycles. The second-order valence-electron chi connectivity index (χ2n) is 6.62. The van der Waals surface area contributed by atoms with Gasteiger partial charge in [0.1, 0.15) is 0 Å². The van der Waals surface area contributed by atoms with E-state index in [4.69, 9.17) is 0 Å². The van der Waals surface area contributed by atoms with Crippen LogP contribution in [0.1, 0.15) is 32.4 Å². The summed E-state index contributed by atoms with van der Waals surface area (Å²) in [6.45, 7) is 6.41. The fourth-order valence-corrected chi connectivity index (χ4v) is 2.94. The highest BCUT2D eigenvalue weighted by Gasteiger charge is 2.20.